The van der Waals surface area contributed by atoms with Gasteiger partial charge in [0.1, 0.15) is 0 Å². The molecule has 0 aliphatic carbocycles. The molecule has 13 heavy (non-hydrogen) atoms. The lowest BCUT2D eigenvalue weighted by atomic mass is 10.0. The van der Waals surface area contributed by atoms with Crippen LogP contribution in [-0.4, -0.2) is 18.5 Å². The maximum Gasteiger partial charge on any atom is 0.221 e. The van der Waals surface area contributed by atoms with Crippen LogP contribution < -0.4 is 11.1 Å². The Labute approximate surface area is 81.1 Å². The smallest absolute Gasteiger partial charge is 0.221 e. The monoisotopic (exact) mass is 186 g/mol. The summed E-state index contributed by atoms with van der Waals surface area (Å²) in [6.45, 7) is 9.04. The molecule has 0 aromatic carbocycles. The maximum atomic E-state index is 10.7. The quantitative estimate of drug-likeness (QED) is 0.653. The Morgan fingerprint density at radius 2 is 1.85 bits per heavy atom. The van der Waals surface area contributed by atoms with Gasteiger partial charge in [-0.05, 0) is 19.3 Å². The molecule has 0 aromatic rings. The van der Waals surface area contributed by atoms with E-state index in [1.54, 1.807) is 0 Å². The minimum Gasteiger partial charge on any atom is -0.369 e. The summed E-state index contributed by atoms with van der Waals surface area (Å²) >= 11 is 0. The lowest BCUT2D eigenvalue weighted by Crippen LogP contribution is -2.36. The third-order valence-electron chi connectivity index (χ3n) is 2.08. The van der Waals surface area contributed by atoms with Gasteiger partial charge >= 0.3 is 0 Å². The predicted octanol–water partition coefficient (Wildman–Crippen LogP) is 1.13. The van der Waals surface area contributed by atoms with Crippen molar-refractivity contribution < 1.29 is 4.79 Å². The van der Waals surface area contributed by atoms with Crippen LogP contribution in [-0.2, 0) is 4.79 Å². The zero-order valence-corrected chi connectivity index (χ0v) is 9.13. The second kappa shape index (κ2) is 5.97. The molecular weight excluding hydrogens is 164 g/mol. The van der Waals surface area contributed by atoms with Gasteiger partial charge in [0.25, 0.3) is 0 Å². The minimum atomic E-state index is -0.232. The first-order valence-corrected chi connectivity index (χ1v) is 4.96. The molecule has 0 spiro atoms. The van der Waals surface area contributed by atoms with Crippen LogP contribution >= 0.6 is 0 Å². The van der Waals surface area contributed by atoms with Crippen molar-refractivity contribution in [3.05, 3.63) is 0 Å². The summed E-state index contributed by atoms with van der Waals surface area (Å²) in [4.78, 5) is 10.7. The van der Waals surface area contributed by atoms with Gasteiger partial charge in [0.05, 0.1) is 0 Å². The van der Waals surface area contributed by atoms with Gasteiger partial charge in [-0.25, -0.2) is 0 Å². The van der Waals surface area contributed by atoms with Crippen molar-refractivity contribution in [2.45, 2.75) is 40.2 Å². The topological polar surface area (TPSA) is 55.1 Å². The molecule has 3 N–H and O–H groups in total. The molecule has 0 aliphatic rings. The van der Waals surface area contributed by atoms with E-state index in [1.807, 2.05) is 6.92 Å². The summed E-state index contributed by atoms with van der Waals surface area (Å²) in [6.07, 6.45) is 1.13. The molecular formula is C10H22N2O. The molecule has 0 aliphatic heterocycles. The molecule has 2 atom stereocenters. The van der Waals surface area contributed by atoms with Crippen LogP contribution in [0.4, 0.5) is 0 Å². The molecule has 0 saturated heterocycles. The number of hydrogen-bond acceptors (Lipinski definition) is 2. The van der Waals surface area contributed by atoms with Crippen molar-refractivity contribution in [3.63, 3.8) is 0 Å². The molecule has 78 valence electrons. The third kappa shape index (κ3) is 6.58. The van der Waals surface area contributed by atoms with Gasteiger partial charge in [-0.2, -0.15) is 0 Å². The van der Waals surface area contributed by atoms with E-state index in [-0.39, 0.29) is 11.8 Å². The van der Waals surface area contributed by atoms with Gasteiger partial charge in [-0.1, -0.05) is 20.8 Å². The molecule has 0 heterocycles. The fourth-order valence-corrected chi connectivity index (χ4v) is 1.27. The first kappa shape index (κ1) is 12.4. The Balaban J connectivity index is 3.57. The summed E-state index contributed by atoms with van der Waals surface area (Å²) in [5, 5.41) is 3.29. The number of nitrogens with one attached hydrogen (secondary N) is 1. The molecule has 0 fully saturated rings. The normalized spacial score (nSPS) is 15.8. The van der Waals surface area contributed by atoms with Crippen LogP contribution in [0.25, 0.3) is 0 Å². The summed E-state index contributed by atoms with van der Waals surface area (Å²) in [7, 11) is 0. The van der Waals surface area contributed by atoms with E-state index in [9.17, 15) is 4.79 Å². The van der Waals surface area contributed by atoms with Crippen LogP contribution in [0, 0.1) is 11.8 Å². The van der Waals surface area contributed by atoms with Gasteiger partial charge in [0.2, 0.25) is 5.91 Å². The number of carbonyl (C=O) groups is 1. The molecule has 3 heteroatoms. The standard InChI is InChI=1S/C10H22N2O/c1-7(2)5-9(4)12-6-8(3)10(11)13/h7-9,12H,5-6H2,1-4H3,(H2,11,13). The molecule has 0 radical (unpaired) electrons. The molecule has 3 nitrogen and oxygen atoms in total. The van der Waals surface area contributed by atoms with Crippen molar-refractivity contribution in [1.82, 2.24) is 5.32 Å². The highest BCUT2D eigenvalue weighted by Gasteiger charge is 2.10. The molecule has 0 saturated carbocycles. The predicted molar refractivity (Wildman–Crippen MR) is 55.3 cm³/mol. The zero-order valence-electron chi connectivity index (χ0n) is 9.13. The largest absolute Gasteiger partial charge is 0.369 e. The van der Waals surface area contributed by atoms with Crippen molar-refractivity contribution >= 4 is 5.91 Å². The van der Waals surface area contributed by atoms with Gasteiger partial charge < -0.3 is 11.1 Å². The lowest BCUT2D eigenvalue weighted by molar-refractivity contribution is -0.121. The highest BCUT2D eigenvalue weighted by atomic mass is 16.1. The Kier molecular flexibility index (Phi) is 5.71. The van der Waals surface area contributed by atoms with Crippen LogP contribution in [0.2, 0.25) is 0 Å². The Hall–Kier alpha value is -0.570. The average molecular weight is 186 g/mol. The minimum absolute atomic E-state index is 0.0744. The average Bonchev–Trinajstić information content (AvgIpc) is 1.98. The number of rotatable bonds is 6. The number of primary amides is 1. The second-order valence-electron chi connectivity index (χ2n) is 4.24. The van der Waals surface area contributed by atoms with E-state index in [0.29, 0.717) is 18.5 Å². The maximum absolute atomic E-state index is 10.7. The van der Waals surface area contributed by atoms with Crippen LogP contribution in [0.3, 0.4) is 0 Å². The zero-order chi connectivity index (χ0) is 10.4. The van der Waals surface area contributed by atoms with Crippen molar-refractivity contribution in [2.24, 2.45) is 17.6 Å². The van der Waals surface area contributed by atoms with Gasteiger partial charge in [0, 0.05) is 18.5 Å². The summed E-state index contributed by atoms with van der Waals surface area (Å²) < 4.78 is 0. The van der Waals surface area contributed by atoms with Crippen molar-refractivity contribution in [2.75, 3.05) is 6.54 Å². The van der Waals surface area contributed by atoms with E-state index in [0.717, 1.165) is 6.42 Å². The van der Waals surface area contributed by atoms with Gasteiger partial charge in [-0.15, -0.1) is 0 Å². The van der Waals surface area contributed by atoms with Gasteiger partial charge in [0.15, 0.2) is 0 Å². The first-order valence-electron chi connectivity index (χ1n) is 4.96. The fourth-order valence-electron chi connectivity index (χ4n) is 1.27. The number of carbonyl (C=O) groups excluding carboxylic acids is 1. The van der Waals surface area contributed by atoms with Crippen LogP contribution in [0.1, 0.15) is 34.1 Å². The van der Waals surface area contributed by atoms with Crippen molar-refractivity contribution in [3.8, 4) is 0 Å². The van der Waals surface area contributed by atoms with E-state index in [1.165, 1.54) is 0 Å². The Bertz CT molecular complexity index is 157. The highest BCUT2D eigenvalue weighted by molar-refractivity contribution is 5.76. The SMILES string of the molecule is CC(C)CC(C)NCC(C)C(N)=O. The Morgan fingerprint density at radius 1 is 1.31 bits per heavy atom. The fraction of sp³-hybridized carbons (Fsp3) is 0.900. The summed E-state index contributed by atoms with van der Waals surface area (Å²) in [5.74, 6) is 0.380. The molecule has 2 unspecified atom stereocenters. The van der Waals surface area contributed by atoms with E-state index >= 15 is 0 Å². The number of nitrogens with two attached hydrogens (primary N) is 1. The summed E-state index contributed by atoms with van der Waals surface area (Å²) in [6, 6.07) is 0.460. The van der Waals surface area contributed by atoms with Gasteiger partial charge in [-0.3, -0.25) is 4.79 Å². The lowest BCUT2D eigenvalue weighted by Gasteiger charge is -2.17. The van der Waals surface area contributed by atoms with E-state index in [2.05, 4.69) is 26.1 Å². The summed E-state index contributed by atoms with van der Waals surface area (Å²) in [5.41, 5.74) is 5.14. The van der Waals surface area contributed by atoms with Crippen LogP contribution in [0.5, 0.6) is 0 Å². The first-order chi connectivity index (χ1) is 5.93. The molecule has 0 rings (SSSR count). The Morgan fingerprint density at radius 3 is 2.23 bits per heavy atom. The van der Waals surface area contributed by atoms with E-state index in [4.69, 9.17) is 5.73 Å². The highest BCUT2D eigenvalue weighted by Crippen LogP contribution is 2.04. The molecule has 0 bridgehead atoms. The second-order valence-corrected chi connectivity index (χ2v) is 4.24. The molecule has 1 amide bonds. The number of amides is 1. The molecule has 0 aromatic heterocycles. The van der Waals surface area contributed by atoms with Crippen molar-refractivity contribution in [1.29, 1.82) is 0 Å². The number of hydrogen-bond donors (Lipinski definition) is 2. The third-order valence-corrected chi connectivity index (χ3v) is 2.08. The van der Waals surface area contributed by atoms with E-state index < -0.39 is 0 Å². The van der Waals surface area contributed by atoms with Crippen LogP contribution in [0.15, 0.2) is 0 Å².